The van der Waals surface area contributed by atoms with Gasteiger partial charge in [-0.3, -0.25) is 14.9 Å². The van der Waals surface area contributed by atoms with Crippen LogP contribution in [0.25, 0.3) is 0 Å². The van der Waals surface area contributed by atoms with E-state index >= 15 is 0 Å². The van der Waals surface area contributed by atoms with Gasteiger partial charge in [0.2, 0.25) is 5.91 Å². The zero-order valence-electron chi connectivity index (χ0n) is 16.7. The van der Waals surface area contributed by atoms with Crippen molar-refractivity contribution < 1.29 is 28.4 Å². The molecule has 0 saturated carbocycles. The third-order valence-corrected chi connectivity index (χ3v) is 4.01. The van der Waals surface area contributed by atoms with Crippen molar-refractivity contribution >= 4 is 23.3 Å². The van der Waals surface area contributed by atoms with Crippen molar-refractivity contribution in [3.8, 4) is 5.75 Å². The minimum absolute atomic E-state index is 0.0248. The number of nitrogens with zero attached hydrogens (tertiary/aromatic N) is 1. The summed E-state index contributed by atoms with van der Waals surface area (Å²) >= 11 is 0. The van der Waals surface area contributed by atoms with Crippen LogP contribution >= 0.6 is 0 Å². The fraction of sp³-hybridized carbons (Fsp3) is 0.333. The van der Waals surface area contributed by atoms with Crippen molar-refractivity contribution in [1.82, 2.24) is 0 Å². The first-order chi connectivity index (χ1) is 14.2. The molecular formula is C21H23FN2O6. The van der Waals surface area contributed by atoms with Gasteiger partial charge in [0.05, 0.1) is 23.6 Å². The molecule has 0 spiro atoms. The number of rotatable bonds is 10. The van der Waals surface area contributed by atoms with E-state index in [9.17, 15) is 24.1 Å². The maximum atomic E-state index is 13.6. The molecule has 160 valence electrons. The van der Waals surface area contributed by atoms with Crippen LogP contribution in [0.2, 0.25) is 0 Å². The fourth-order valence-corrected chi connectivity index (χ4v) is 2.47. The van der Waals surface area contributed by atoms with Crippen LogP contribution in [0, 0.1) is 21.8 Å². The SMILES string of the molecule is CC(C)CCOC(=O)COc1cc(F)ccc1NC(=O)Cc1cccc([N+](=O)[O-])c1. The van der Waals surface area contributed by atoms with E-state index in [2.05, 4.69) is 5.32 Å². The van der Waals surface area contributed by atoms with E-state index < -0.39 is 29.2 Å². The second kappa shape index (κ2) is 10.9. The van der Waals surface area contributed by atoms with E-state index in [1.54, 1.807) is 6.07 Å². The van der Waals surface area contributed by atoms with Crippen molar-refractivity contribution in [2.45, 2.75) is 26.7 Å². The molecule has 1 N–H and O–H groups in total. The van der Waals surface area contributed by atoms with E-state index in [-0.39, 0.29) is 30.2 Å². The summed E-state index contributed by atoms with van der Waals surface area (Å²) in [5.74, 6) is -1.33. The number of nitro benzene ring substituents is 1. The zero-order chi connectivity index (χ0) is 22.1. The van der Waals surface area contributed by atoms with Crippen LogP contribution < -0.4 is 10.1 Å². The molecular weight excluding hydrogens is 395 g/mol. The number of nitro groups is 1. The standard InChI is InChI=1S/C21H23FN2O6/c1-14(2)8-9-29-21(26)13-30-19-12-16(22)6-7-18(19)23-20(25)11-15-4-3-5-17(10-15)24(27)28/h3-7,10,12,14H,8-9,11,13H2,1-2H3,(H,23,25). The Bertz CT molecular complexity index is 916. The topological polar surface area (TPSA) is 108 Å². The molecule has 0 unspecified atom stereocenters. The molecule has 9 heteroatoms. The quantitative estimate of drug-likeness (QED) is 0.356. The number of benzene rings is 2. The molecule has 2 aromatic carbocycles. The molecule has 2 aromatic rings. The van der Waals surface area contributed by atoms with Crippen molar-refractivity contribution in [2.24, 2.45) is 5.92 Å². The summed E-state index contributed by atoms with van der Waals surface area (Å²) in [7, 11) is 0. The van der Waals surface area contributed by atoms with E-state index in [4.69, 9.17) is 9.47 Å². The third-order valence-electron chi connectivity index (χ3n) is 4.01. The van der Waals surface area contributed by atoms with Crippen LogP contribution in [0.3, 0.4) is 0 Å². The molecule has 0 aliphatic rings. The Morgan fingerprint density at radius 2 is 1.97 bits per heavy atom. The molecule has 0 fully saturated rings. The highest BCUT2D eigenvalue weighted by Gasteiger charge is 2.14. The smallest absolute Gasteiger partial charge is 0.344 e. The van der Waals surface area contributed by atoms with Gasteiger partial charge in [-0.15, -0.1) is 0 Å². The summed E-state index contributed by atoms with van der Waals surface area (Å²) in [6.07, 6.45) is 0.584. The number of anilines is 1. The molecule has 1 amide bonds. The molecule has 0 atom stereocenters. The van der Waals surface area contributed by atoms with Gasteiger partial charge in [-0.05, 0) is 30.0 Å². The number of amides is 1. The summed E-state index contributed by atoms with van der Waals surface area (Å²) in [6, 6.07) is 9.18. The normalized spacial score (nSPS) is 10.5. The number of hydrogen-bond donors (Lipinski definition) is 1. The molecule has 0 radical (unpaired) electrons. The van der Waals surface area contributed by atoms with Gasteiger partial charge in [-0.1, -0.05) is 26.0 Å². The number of esters is 1. The number of hydrogen-bond acceptors (Lipinski definition) is 6. The first-order valence-electron chi connectivity index (χ1n) is 9.35. The maximum absolute atomic E-state index is 13.6. The van der Waals surface area contributed by atoms with Crippen LogP contribution in [-0.2, 0) is 20.7 Å². The summed E-state index contributed by atoms with van der Waals surface area (Å²) in [5.41, 5.74) is 0.490. The Kier molecular flexibility index (Phi) is 8.28. The number of halogens is 1. The molecule has 0 heterocycles. The Morgan fingerprint density at radius 3 is 2.67 bits per heavy atom. The molecule has 0 aromatic heterocycles. The zero-order valence-corrected chi connectivity index (χ0v) is 16.7. The molecule has 0 aliphatic carbocycles. The highest BCUT2D eigenvalue weighted by atomic mass is 19.1. The maximum Gasteiger partial charge on any atom is 0.344 e. The van der Waals surface area contributed by atoms with Crippen LogP contribution in [-0.4, -0.2) is 30.0 Å². The van der Waals surface area contributed by atoms with Gasteiger partial charge in [-0.2, -0.15) is 0 Å². The molecule has 0 aliphatic heterocycles. The molecule has 30 heavy (non-hydrogen) atoms. The van der Waals surface area contributed by atoms with Crippen molar-refractivity contribution in [3.63, 3.8) is 0 Å². The predicted octanol–water partition coefficient (Wildman–Crippen LogP) is 3.88. The van der Waals surface area contributed by atoms with Crippen molar-refractivity contribution in [3.05, 3.63) is 64.0 Å². The van der Waals surface area contributed by atoms with Crippen LogP contribution in [0.1, 0.15) is 25.8 Å². The van der Waals surface area contributed by atoms with Gasteiger partial charge in [0.25, 0.3) is 5.69 Å². The summed E-state index contributed by atoms with van der Waals surface area (Å²) in [4.78, 5) is 34.4. The first kappa shape index (κ1) is 22.8. The van der Waals surface area contributed by atoms with Gasteiger partial charge < -0.3 is 14.8 Å². The van der Waals surface area contributed by atoms with E-state index in [0.717, 1.165) is 12.1 Å². The van der Waals surface area contributed by atoms with E-state index in [0.29, 0.717) is 17.9 Å². The number of ether oxygens (including phenoxy) is 2. The second-order valence-electron chi connectivity index (χ2n) is 6.98. The largest absolute Gasteiger partial charge is 0.480 e. The molecule has 2 rings (SSSR count). The van der Waals surface area contributed by atoms with Crippen molar-refractivity contribution in [1.29, 1.82) is 0 Å². The lowest BCUT2D eigenvalue weighted by Gasteiger charge is -2.13. The van der Waals surface area contributed by atoms with Crippen LogP contribution in [0.15, 0.2) is 42.5 Å². The average Bonchev–Trinajstić information content (AvgIpc) is 2.68. The number of non-ortho nitro benzene ring substituents is 1. The van der Waals surface area contributed by atoms with Gasteiger partial charge in [0.15, 0.2) is 6.61 Å². The lowest BCUT2D eigenvalue weighted by atomic mass is 10.1. The Morgan fingerprint density at radius 1 is 1.20 bits per heavy atom. The van der Waals surface area contributed by atoms with Gasteiger partial charge in [0.1, 0.15) is 11.6 Å². The lowest BCUT2D eigenvalue weighted by molar-refractivity contribution is -0.384. The summed E-state index contributed by atoms with van der Waals surface area (Å²) in [6.45, 7) is 3.82. The van der Waals surface area contributed by atoms with Crippen LogP contribution in [0.5, 0.6) is 5.75 Å². The number of nitrogens with one attached hydrogen (secondary N) is 1. The predicted molar refractivity (Wildman–Crippen MR) is 108 cm³/mol. The minimum atomic E-state index is -0.603. The average molecular weight is 418 g/mol. The number of carbonyl (C=O) groups is 2. The molecule has 0 saturated heterocycles. The third kappa shape index (κ3) is 7.50. The Labute approximate surface area is 173 Å². The van der Waals surface area contributed by atoms with Gasteiger partial charge in [-0.25, -0.2) is 9.18 Å². The van der Waals surface area contributed by atoms with Crippen molar-refractivity contribution in [2.75, 3.05) is 18.5 Å². The monoisotopic (exact) mass is 418 g/mol. The highest BCUT2D eigenvalue weighted by Crippen LogP contribution is 2.26. The first-order valence-corrected chi connectivity index (χ1v) is 9.35. The van der Waals surface area contributed by atoms with Crippen LogP contribution in [0.4, 0.5) is 15.8 Å². The van der Waals surface area contributed by atoms with E-state index in [1.165, 1.54) is 24.3 Å². The highest BCUT2D eigenvalue weighted by molar-refractivity contribution is 5.93. The summed E-state index contributed by atoms with van der Waals surface area (Å²) in [5, 5.41) is 13.4. The second-order valence-corrected chi connectivity index (χ2v) is 6.98. The Balaban J connectivity index is 1.98. The minimum Gasteiger partial charge on any atom is -0.480 e. The fourth-order valence-electron chi connectivity index (χ4n) is 2.47. The van der Waals surface area contributed by atoms with Gasteiger partial charge in [0, 0.05) is 18.2 Å². The lowest BCUT2D eigenvalue weighted by Crippen LogP contribution is -2.18. The molecule has 0 bridgehead atoms. The Hall–Kier alpha value is -3.49. The number of carbonyl (C=O) groups excluding carboxylic acids is 2. The van der Waals surface area contributed by atoms with Gasteiger partial charge >= 0.3 is 5.97 Å². The summed E-state index contributed by atoms with van der Waals surface area (Å²) < 4.78 is 24.0. The molecule has 8 nitrogen and oxygen atoms in total. The van der Waals surface area contributed by atoms with E-state index in [1.807, 2.05) is 13.8 Å².